The van der Waals surface area contributed by atoms with Crippen LogP contribution in [0.5, 0.6) is 5.75 Å². The average molecular weight is 335 g/mol. The Hall–Kier alpha value is -2.29. The highest BCUT2D eigenvalue weighted by Crippen LogP contribution is 2.27. The van der Waals surface area contributed by atoms with Crippen LogP contribution in [-0.2, 0) is 10.0 Å². The normalized spacial score (nSPS) is 11.3. The van der Waals surface area contributed by atoms with Crippen LogP contribution in [-0.4, -0.2) is 15.5 Å². The zero-order chi connectivity index (χ0) is 16.5. The molecule has 2 aromatic carbocycles. The maximum Gasteiger partial charge on any atom is 0.264 e. The highest BCUT2D eigenvalue weighted by atomic mass is 32.2. The first-order valence-electron chi connectivity index (χ1n) is 5.75. The molecule has 1 N–H and O–H groups in total. The third kappa shape index (κ3) is 3.14. The first-order valence-corrected chi connectivity index (χ1v) is 7.24. The molecule has 0 aliphatic carbocycles. The van der Waals surface area contributed by atoms with Crippen LogP contribution in [0.1, 0.15) is 0 Å². The quantitative estimate of drug-likeness (QED) is 0.874. The van der Waals surface area contributed by atoms with Gasteiger partial charge in [0.2, 0.25) is 0 Å². The molecule has 22 heavy (non-hydrogen) atoms. The number of halogens is 4. The van der Waals surface area contributed by atoms with Crippen LogP contribution in [0.2, 0.25) is 0 Å². The number of methoxy groups -OCH3 is 1. The van der Waals surface area contributed by atoms with Crippen LogP contribution >= 0.6 is 0 Å². The van der Waals surface area contributed by atoms with E-state index < -0.39 is 49.6 Å². The van der Waals surface area contributed by atoms with Crippen molar-refractivity contribution in [3.8, 4) is 5.75 Å². The van der Waals surface area contributed by atoms with Crippen molar-refractivity contribution in [1.82, 2.24) is 0 Å². The molecule has 2 aromatic rings. The molecule has 0 bridgehead atoms. The lowest BCUT2D eigenvalue weighted by atomic mass is 10.3. The van der Waals surface area contributed by atoms with E-state index >= 15 is 0 Å². The van der Waals surface area contributed by atoms with E-state index in [1.807, 2.05) is 0 Å². The lowest BCUT2D eigenvalue weighted by molar-refractivity contribution is 0.383. The van der Waals surface area contributed by atoms with Crippen molar-refractivity contribution < 1.29 is 30.7 Å². The third-order valence-corrected chi connectivity index (χ3v) is 4.07. The molecule has 0 aliphatic rings. The Morgan fingerprint density at radius 3 is 2.23 bits per heavy atom. The Labute approximate surface area is 123 Å². The second-order valence-electron chi connectivity index (χ2n) is 4.15. The fraction of sp³-hybridized carbons (Fsp3) is 0.0769. The van der Waals surface area contributed by atoms with Gasteiger partial charge in [-0.05, 0) is 12.1 Å². The van der Waals surface area contributed by atoms with Crippen molar-refractivity contribution in [2.45, 2.75) is 4.90 Å². The van der Waals surface area contributed by atoms with Crippen molar-refractivity contribution >= 4 is 15.7 Å². The Morgan fingerprint density at radius 2 is 1.64 bits per heavy atom. The Kier molecular flexibility index (Phi) is 4.27. The number of hydrogen-bond acceptors (Lipinski definition) is 3. The number of anilines is 1. The predicted octanol–water partition coefficient (Wildman–Crippen LogP) is 3.05. The molecule has 0 spiro atoms. The van der Waals surface area contributed by atoms with Crippen LogP contribution in [0.3, 0.4) is 0 Å². The van der Waals surface area contributed by atoms with Gasteiger partial charge in [0.1, 0.15) is 16.5 Å². The van der Waals surface area contributed by atoms with Gasteiger partial charge in [0.15, 0.2) is 17.4 Å². The van der Waals surface area contributed by atoms with Crippen molar-refractivity contribution in [2.75, 3.05) is 11.8 Å². The van der Waals surface area contributed by atoms with Gasteiger partial charge in [-0.1, -0.05) is 0 Å². The monoisotopic (exact) mass is 335 g/mol. The minimum absolute atomic E-state index is 0.361. The number of ether oxygens (including phenoxy) is 1. The molecule has 0 radical (unpaired) electrons. The second kappa shape index (κ2) is 5.84. The number of benzene rings is 2. The summed E-state index contributed by atoms with van der Waals surface area (Å²) in [5.74, 6) is -4.89. The molecule has 4 nitrogen and oxygen atoms in total. The van der Waals surface area contributed by atoms with E-state index in [-0.39, 0.29) is 0 Å². The van der Waals surface area contributed by atoms with Crippen molar-refractivity contribution in [1.29, 1.82) is 0 Å². The van der Waals surface area contributed by atoms with Crippen LogP contribution in [0.25, 0.3) is 0 Å². The zero-order valence-electron chi connectivity index (χ0n) is 11.0. The molecular formula is C13H9F4NO3S. The minimum atomic E-state index is -4.56. The maximum absolute atomic E-state index is 13.7. The van der Waals surface area contributed by atoms with Crippen LogP contribution < -0.4 is 9.46 Å². The van der Waals surface area contributed by atoms with Crippen molar-refractivity contribution in [3.05, 3.63) is 53.6 Å². The van der Waals surface area contributed by atoms with Gasteiger partial charge < -0.3 is 4.74 Å². The van der Waals surface area contributed by atoms with Crippen LogP contribution in [0.15, 0.2) is 35.2 Å². The zero-order valence-corrected chi connectivity index (χ0v) is 11.8. The first-order chi connectivity index (χ1) is 10.2. The van der Waals surface area contributed by atoms with E-state index in [1.54, 1.807) is 4.72 Å². The number of nitrogens with one attached hydrogen (secondary N) is 1. The van der Waals surface area contributed by atoms with E-state index in [1.165, 1.54) is 0 Å². The summed E-state index contributed by atoms with van der Waals surface area (Å²) in [5.41, 5.74) is -0.734. The minimum Gasteiger partial charge on any atom is -0.494 e. The summed E-state index contributed by atoms with van der Waals surface area (Å²) in [5, 5.41) is 0. The van der Waals surface area contributed by atoms with Gasteiger partial charge in [0, 0.05) is 18.2 Å². The second-order valence-corrected chi connectivity index (χ2v) is 5.80. The summed E-state index contributed by atoms with van der Waals surface area (Å²) in [6.45, 7) is 0. The molecule has 0 amide bonds. The molecule has 2 rings (SSSR count). The van der Waals surface area contributed by atoms with Crippen molar-refractivity contribution in [2.24, 2.45) is 0 Å². The molecule has 0 unspecified atom stereocenters. The van der Waals surface area contributed by atoms with E-state index in [0.717, 1.165) is 13.2 Å². The summed E-state index contributed by atoms with van der Waals surface area (Å²) in [4.78, 5) is -0.899. The lowest BCUT2D eigenvalue weighted by Gasteiger charge is -2.11. The molecule has 0 fully saturated rings. The largest absolute Gasteiger partial charge is 0.494 e. The molecule has 0 heterocycles. The van der Waals surface area contributed by atoms with Gasteiger partial charge >= 0.3 is 0 Å². The predicted molar refractivity (Wildman–Crippen MR) is 70.1 cm³/mol. The van der Waals surface area contributed by atoms with E-state index in [2.05, 4.69) is 4.74 Å². The summed E-state index contributed by atoms with van der Waals surface area (Å²) < 4.78 is 83.6. The highest BCUT2D eigenvalue weighted by molar-refractivity contribution is 7.92. The highest BCUT2D eigenvalue weighted by Gasteiger charge is 2.22. The fourth-order valence-corrected chi connectivity index (χ4v) is 2.77. The van der Waals surface area contributed by atoms with Crippen molar-refractivity contribution in [3.63, 3.8) is 0 Å². The first kappa shape index (κ1) is 16.1. The van der Waals surface area contributed by atoms with Gasteiger partial charge in [-0.15, -0.1) is 0 Å². The molecule has 0 aliphatic heterocycles. The molecule has 0 saturated carbocycles. The number of rotatable bonds is 4. The molecule has 9 heteroatoms. The van der Waals surface area contributed by atoms with Gasteiger partial charge in [-0.2, -0.15) is 0 Å². The Bertz CT molecular complexity index is 824. The third-order valence-electron chi connectivity index (χ3n) is 2.67. The standard InChI is InChI=1S/C13H9F4NO3S/c1-21-12-6-8(15)11(5-9(12)16)18-22(19,20)13-3-2-7(14)4-10(13)17/h2-6,18H,1H3. The van der Waals surface area contributed by atoms with Gasteiger partial charge in [0.05, 0.1) is 12.8 Å². The molecule has 0 atom stereocenters. The van der Waals surface area contributed by atoms with Gasteiger partial charge in [-0.25, -0.2) is 26.0 Å². The molecular weight excluding hydrogens is 326 g/mol. The van der Waals surface area contributed by atoms with E-state index in [0.29, 0.717) is 24.3 Å². The summed E-state index contributed by atoms with van der Waals surface area (Å²) in [6, 6.07) is 2.94. The average Bonchev–Trinajstić information content (AvgIpc) is 2.41. The van der Waals surface area contributed by atoms with Gasteiger partial charge in [-0.3, -0.25) is 4.72 Å². The summed E-state index contributed by atoms with van der Waals surface area (Å²) in [7, 11) is -3.45. The number of hydrogen-bond donors (Lipinski definition) is 1. The summed E-state index contributed by atoms with van der Waals surface area (Å²) >= 11 is 0. The lowest BCUT2D eigenvalue weighted by Crippen LogP contribution is -2.16. The fourth-order valence-electron chi connectivity index (χ4n) is 1.66. The van der Waals surface area contributed by atoms with Crippen LogP contribution in [0, 0.1) is 23.3 Å². The number of sulfonamides is 1. The van der Waals surface area contributed by atoms with E-state index in [4.69, 9.17) is 0 Å². The topological polar surface area (TPSA) is 55.4 Å². The summed E-state index contributed by atoms with van der Waals surface area (Å²) in [6.07, 6.45) is 0. The smallest absolute Gasteiger partial charge is 0.264 e. The van der Waals surface area contributed by atoms with Crippen LogP contribution in [0.4, 0.5) is 23.2 Å². The molecule has 0 aromatic heterocycles. The van der Waals surface area contributed by atoms with Gasteiger partial charge in [0.25, 0.3) is 10.0 Å². The molecule has 0 saturated heterocycles. The SMILES string of the molecule is COc1cc(F)c(NS(=O)(=O)c2ccc(F)cc2F)cc1F. The Balaban J connectivity index is 2.43. The Morgan fingerprint density at radius 1 is 0.955 bits per heavy atom. The maximum atomic E-state index is 13.7. The molecule has 118 valence electrons. The van der Waals surface area contributed by atoms with E-state index in [9.17, 15) is 26.0 Å².